The van der Waals surface area contributed by atoms with Gasteiger partial charge in [-0.1, -0.05) is 37.3 Å². The monoisotopic (exact) mass is 341 g/mol. The van der Waals surface area contributed by atoms with E-state index in [2.05, 4.69) is 27.6 Å². The van der Waals surface area contributed by atoms with E-state index in [0.717, 1.165) is 43.0 Å². The predicted molar refractivity (Wildman–Crippen MR) is 97.1 cm³/mol. The summed E-state index contributed by atoms with van der Waals surface area (Å²) in [5, 5.41) is 11.1. The van der Waals surface area contributed by atoms with E-state index in [1.165, 1.54) is 0 Å². The van der Waals surface area contributed by atoms with Crippen LogP contribution in [0.1, 0.15) is 50.4 Å². The van der Waals surface area contributed by atoms with E-state index in [-0.39, 0.29) is 24.0 Å². The fourth-order valence-corrected chi connectivity index (χ4v) is 3.22. The molecule has 0 fully saturated rings. The lowest BCUT2D eigenvalue weighted by Gasteiger charge is -2.29. The second-order valence-electron chi connectivity index (χ2n) is 6.89. The maximum absolute atomic E-state index is 12.7. The molecule has 1 aromatic heterocycles. The number of aryl methyl sites for hydroxylation is 2. The van der Waals surface area contributed by atoms with Crippen LogP contribution in [-0.4, -0.2) is 32.8 Å². The first kappa shape index (κ1) is 17.6. The van der Waals surface area contributed by atoms with Crippen LogP contribution in [0, 0.1) is 0 Å². The first-order chi connectivity index (χ1) is 12.1. The highest BCUT2D eigenvalue weighted by Crippen LogP contribution is 2.19. The normalized spacial score (nSPS) is 18.0. The SMILES string of the molecule is CCc1nc2n(n1)CC(NC(C(=O)NC(C)C)c1ccccc1)CC2. The lowest BCUT2D eigenvalue weighted by Crippen LogP contribution is -2.47. The lowest BCUT2D eigenvalue weighted by molar-refractivity contribution is -0.124. The van der Waals surface area contributed by atoms with Crippen LogP contribution >= 0.6 is 0 Å². The molecule has 6 nitrogen and oxygen atoms in total. The van der Waals surface area contributed by atoms with Crippen LogP contribution in [-0.2, 0) is 24.2 Å². The molecule has 0 radical (unpaired) electrons. The van der Waals surface area contributed by atoms with Gasteiger partial charge in [-0.3, -0.25) is 10.1 Å². The Morgan fingerprint density at radius 3 is 2.76 bits per heavy atom. The summed E-state index contributed by atoms with van der Waals surface area (Å²) < 4.78 is 1.99. The van der Waals surface area contributed by atoms with E-state index >= 15 is 0 Å². The molecule has 0 saturated heterocycles. The van der Waals surface area contributed by atoms with Crippen LogP contribution in [0.5, 0.6) is 0 Å². The van der Waals surface area contributed by atoms with Crippen molar-refractivity contribution in [2.45, 2.75) is 64.7 Å². The van der Waals surface area contributed by atoms with E-state index in [4.69, 9.17) is 0 Å². The molecule has 134 valence electrons. The van der Waals surface area contributed by atoms with Crippen LogP contribution in [0.4, 0.5) is 0 Å². The molecule has 0 bridgehead atoms. The predicted octanol–water partition coefficient (Wildman–Crippen LogP) is 2.01. The third-order valence-corrected chi connectivity index (χ3v) is 4.45. The molecule has 6 heteroatoms. The number of aromatic nitrogens is 3. The average Bonchev–Trinajstić information content (AvgIpc) is 3.02. The Balaban J connectivity index is 1.75. The Bertz CT molecular complexity index is 710. The molecule has 2 aromatic rings. The highest BCUT2D eigenvalue weighted by molar-refractivity contribution is 5.83. The minimum absolute atomic E-state index is 0.0137. The number of benzene rings is 1. The zero-order valence-corrected chi connectivity index (χ0v) is 15.2. The van der Waals surface area contributed by atoms with Crippen molar-refractivity contribution in [3.63, 3.8) is 0 Å². The van der Waals surface area contributed by atoms with Crippen molar-refractivity contribution in [1.29, 1.82) is 0 Å². The molecule has 2 N–H and O–H groups in total. The summed E-state index contributed by atoms with van der Waals surface area (Å²) in [6, 6.07) is 9.85. The fourth-order valence-electron chi connectivity index (χ4n) is 3.22. The van der Waals surface area contributed by atoms with Gasteiger partial charge in [-0.2, -0.15) is 5.10 Å². The average molecular weight is 341 g/mol. The minimum Gasteiger partial charge on any atom is -0.352 e. The highest BCUT2D eigenvalue weighted by atomic mass is 16.2. The molecule has 3 rings (SSSR count). The van der Waals surface area contributed by atoms with Crippen LogP contribution in [0.2, 0.25) is 0 Å². The van der Waals surface area contributed by atoms with Gasteiger partial charge in [0, 0.05) is 24.9 Å². The molecule has 0 saturated carbocycles. The van der Waals surface area contributed by atoms with Crippen molar-refractivity contribution < 1.29 is 4.79 Å². The van der Waals surface area contributed by atoms with Gasteiger partial charge in [0.15, 0.2) is 5.82 Å². The van der Waals surface area contributed by atoms with Crippen molar-refractivity contribution in [2.75, 3.05) is 0 Å². The zero-order chi connectivity index (χ0) is 17.8. The Kier molecular flexibility index (Phi) is 5.48. The van der Waals surface area contributed by atoms with Crippen molar-refractivity contribution in [1.82, 2.24) is 25.4 Å². The highest BCUT2D eigenvalue weighted by Gasteiger charge is 2.27. The largest absolute Gasteiger partial charge is 0.352 e. The lowest BCUT2D eigenvalue weighted by atomic mass is 10.0. The molecule has 1 aromatic carbocycles. The van der Waals surface area contributed by atoms with Gasteiger partial charge < -0.3 is 5.32 Å². The first-order valence-corrected chi connectivity index (χ1v) is 9.10. The maximum Gasteiger partial charge on any atom is 0.241 e. The quantitative estimate of drug-likeness (QED) is 0.843. The van der Waals surface area contributed by atoms with Gasteiger partial charge in [-0.15, -0.1) is 0 Å². The molecular formula is C19H27N5O. The van der Waals surface area contributed by atoms with Crippen LogP contribution in [0.25, 0.3) is 0 Å². The number of hydrogen-bond acceptors (Lipinski definition) is 4. The first-order valence-electron chi connectivity index (χ1n) is 9.10. The zero-order valence-electron chi connectivity index (χ0n) is 15.2. The number of carbonyl (C=O) groups is 1. The summed E-state index contributed by atoms with van der Waals surface area (Å²) in [7, 11) is 0. The summed E-state index contributed by atoms with van der Waals surface area (Å²) in [4.78, 5) is 17.3. The van der Waals surface area contributed by atoms with Gasteiger partial charge >= 0.3 is 0 Å². The second kappa shape index (κ2) is 7.78. The van der Waals surface area contributed by atoms with Gasteiger partial charge in [-0.05, 0) is 25.8 Å². The number of carbonyl (C=O) groups excluding carboxylic acids is 1. The molecule has 0 aliphatic carbocycles. The van der Waals surface area contributed by atoms with E-state index in [1.54, 1.807) is 0 Å². The van der Waals surface area contributed by atoms with Crippen molar-refractivity contribution in [2.24, 2.45) is 0 Å². The van der Waals surface area contributed by atoms with Gasteiger partial charge in [0.05, 0.1) is 6.54 Å². The Hall–Kier alpha value is -2.21. The number of rotatable bonds is 6. The number of nitrogens with zero attached hydrogens (tertiary/aromatic N) is 3. The Morgan fingerprint density at radius 1 is 1.32 bits per heavy atom. The molecule has 2 unspecified atom stereocenters. The third-order valence-electron chi connectivity index (χ3n) is 4.45. The molecule has 0 spiro atoms. The van der Waals surface area contributed by atoms with Gasteiger partial charge in [-0.25, -0.2) is 9.67 Å². The number of hydrogen-bond donors (Lipinski definition) is 2. The maximum atomic E-state index is 12.7. The summed E-state index contributed by atoms with van der Waals surface area (Å²) >= 11 is 0. The van der Waals surface area contributed by atoms with E-state index in [0.29, 0.717) is 0 Å². The smallest absolute Gasteiger partial charge is 0.241 e. The standard InChI is InChI=1S/C19H27N5O/c1-4-16-22-17-11-10-15(12-24(17)23-16)21-18(19(25)20-13(2)3)14-8-6-5-7-9-14/h5-9,13,15,18,21H,4,10-12H2,1-3H3,(H,20,25). The van der Waals surface area contributed by atoms with Crippen molar-refractivity contribution in [3.8, 4) is 0 Å². The topological polar surface area (TPSA) is 71.8 Å². The van der Waals surface area contributed by atoms with Crippen LogP contribution in [0.15, 0.2) is 30.3 Å². The Labute approximate surface area is 149 Å². The summed E-state index contributed by atoms with van der Waals surface area (Å²) in [6.45, 7) is 6.78. The van der Waals surface area contributed by atoms with E-state index in [9.17, 15) is 4.79 Å². The molecule has 1 amide bonds. The van der Waals surface area contributed by atoms with Gasteiger partial charge in [0.1, 0.15) is 11.9 Å². The second-order valence-corrected chi connectivity index (χ2v) is 6.89. The van der Waals surface area contributed by atoms with Gasteiger partial charge in [0.2, 0.25) is 5.91 Å². The summed E-state index contributed by atoms with van der Waals surface area (Å²) in [6.07, 6.45) is 2.69. The van der Waals surface area contributed by atoms with E-state index in [1.807, 2.05) is 48.9 Å². The number of nitrogens with one attached hydrogen (secondary N) is 2. The molecule has 2 atom stereocenters. The molecule has 1 aliphatic heterocycles. The van der Waals surface area contributed by atoms with Crippen LogP contribution < -0.4 is 10.6 Å². The molecule has 1 aliphatic rings. The molecule has 25 heavy (non-hydrogen) atoms. The fraction of sp³-hybridized carbons (Fsp3) is 0.526. The van der Waals surface area contributed by atoms with Crippen LogP contribution in [0.3, 0.4) is 0 Å². The van der Waals surface area contributed by atoms with Gasteiger partial charge in [0.25, 0.3) is 0 Å². The Morgan fingerprint density at radius 2 is 2.08 bits per heavy atom. The molecular weight excluding hydrogens is 314 g/mol. The molecule has 2 heterocycles. The summed E-state index contributed by atoms with van der Waals surface area (Å²) in [5.41, 5.74) is 0.985. The minimum atomic E-state index is -0.357. The van der Waals surface area contributed by atoms with E-state index < -0.39 is 0 Å². The summed E-state index contributed by atoms with van der Waals surface area (Å²) in [5.74, 6) is 1.96. The third kappa shape index (κ3) is 4.25. The van der Waals surface area contributed by atoms with Crippen molar-refractivity contribution in [3.05, 3.63) is 47.5 Å². The van der Waals surface area contributed by atoms with Crippen molar-refractivity contribution >= 4 is 5.91 Å². The number of fused-ring (bicyclic) bond motifs is 1. The number of amides is 1.